The maximum atomic E-state index is 12.9. The highest BCUT2D eigenvalue weighted by Crippen LogP contribution is 2.44. The topological polar surface area (TPSA) is 54.6 Å². The highest BCUT2D eigenvalue weighted by molar-refractivity contribution is 6.30. The van der Waals surface area contributed by atoms with Crippen molar-refractivity contribution in [3.63, 3.8) is 0 Å². The van der Waals surface area contributed by atoms with Crippen molar-refractivity contribution in [3.05, 3.63) is 87.8 Å². The van der Waals surface area contributed by atoms with E-state index in [1.165, 1.54) is 16.7 Å². The van der Waals surface area contributed by atoms with E-state index in [1.54, 1.807) is 42.5 Å². The number of fused-ring (bicyclic) bond motifs is 1. The molecule has 3 aromatic carbocycles. The van der Waals surface area contributed by atoms with E-state index < -0.39 is 11.7 Å². The van der Waals surface area contributed by atoms with Gasteiger partial charge in [0, 0.05) is 10.4 Å². The molecular weight excluding hydrogens is 417 g/mol. The van der Waals surface area contributed by atoms with Gasteiger partial charge in [0.15, 0.2) is 5.69 Å². The minimum atomic E-state index is -4.44. The van der Waals surface area contributed by atoms with Gasteiger partial charge in [-0.3, -0.25) is 0 Å². The fraction of sp³-hybridized carbons (Fsp3) is 0.0909. The van der Waals surface area contributed by atoms with Crippen molar-refractivity contribution in [3.8, 4) is 17.0 Å². The second-order valence-corrected chi connectivity index (χ2v) is 7.19. The smallest absolute Gasteiger partial charge is 0.416 e. The molecule has 0 saturated carbocycles. The summed E-state index contributed by atoms with van der Waals surface area (Å²) in [5.41, 5.74) is 1.42. The molecular formula is C22H14ClF3N2O2. The Bertz CT molecular complexity index is 1230. The number of hydrogen-bond acceptors (Lipinski definition) is 3. The van der Waals surface area contributed by atoms with Gasteiger partial charge in [-0.05, 0) is 52.2 Å². The SMILES string of the molecule is O=Nc1c(O)n(Cc2ccc(Cl)cc2)c2cccc(-c3ccc(C(F)(F)F)cc3)c12. The van der Waals surface area contributed by atoms with Gasteiger partial charge in [-0.1, -0.05) is 48.0 Å². The van der Waals surface area contributed by atoms with Crippen molar-refractivity contribution in [2.75, 3.05) is 0 Å². The zero-order valence-corrected chi connectivity index (χ0v) is 16.1. The molecule has 0 amide bonds. The molecule has 1 N–H and O–H groups in total. The van der Waals surface area contributed by atoms with Crippen LogP contribution in [0.25, 0.3) is 22.0 Å². The summed E-state index contributed by atoms with van der Waals surface area (Å²) in [6.07, 6.45) is -4.44. The predicted molar refractivity (Wildman–Crippen MR) is 110 cm³/mol. The van der Waals surface area contributed by atoms with Crippen LogP contribution >= 0.6 is 11.6 Å². The molecule has 0 aliphatic rings. The quantitative estimate of drug-likeness (QED) is 0.350. The number of halogens is 4. The highest BCUT2D eigenvalue weighted by Gasteiger charge is 2.30. The maximum Gasteiger partial charge on any atom is 0.416 e. The lowest BCUT2D eigenvalue weighted by molar-refractivity contribution is -0.137. The monoisotopic (exact) mass is 430 g/mol. The first kappa shape index (κ1) is 20.0. The van der Waals surface area contributed by atoms with Crippen molar-refractivity contribution in [1.82, 2.24) is 4.57 Å². The number of alkyl halides is 3. The van der Waals surface area contributed by atoms with Crippen LogP contribution in [0.5, 0.6) is 5.88 Å². The Hall–Kier alpha value is -3.32. The molecule has 0 saturated heterocycles. The molecule has 8 heteroatoms. The number of hydrogen-bond donors (Lipinski definition) is 1. The van der Waals surface area contributed by atoms with E-state index in [2.05, 4.69) is 5.18 Å². The van der Waals surface area contributed by atoms with E-state index in [-0.39, 0.29) is 18.1 Å². The van der Waals surface area contributed by atoms with E-state index in [1.807, 2.05) is 0 Å². The fourth-order valence-electron chi connectivity index (χ4n) is 3.47. The zero-order chi connectivity index (χ0) is 21.5. The fourth-order valence-corrected chi connectivity index (χ4v) is 3.59. The number of aromatic hydroxyl groups is 1. The third kappa shape index (κ3) is 3.52. The zero-order valence-electron chi connectivity index (χ0n) is 15.3. The largest absolute Gasteiger partial charge is 0.493 e. The predicted octanol–water partition coefficient (Wildman–Crippen LogP) is 7.13. The summed E-state index contributed by atoms with van der Waals surface area (Å²) >= 11 is 5.91. The molecule has 0 aliphatic heterocycles. The first-order valence-electron chi connectivity index (χ1n) is 8.89. The van der Waals surface area contributed by atoms with Crippen LogP contribution in [0.4, 0.5) is 18.9 Å². The average molecular weight is 431 g/mol. The summed E-state index contributed by atoms with van der Waals surface area (Å²) < 4.78 is 40.2. The van der Waals surface area contributed by atoms with Gasteiger partial charge in [0.1, 0.15) is 0 Å². The van der Waals surface area contributed by atoms with Crippen LogP contribution in [0.15, 0.2) is 71.9 Å². The van der Waals surface area contributed by atoms with Crippen LogP contribution < -0.4 is 0 Å². The second-order valence-electron chi connectivity index (χ2n) is 6.75. The molecule has 4 nitrogen and oxygen atoms in total. The molecule has 0 spiro atoms. The van der Waals surface area contributed by atoms with E-state index in [0.717, 1.165) is 17.7 Å². The Morgan fingerprint density at radius 3 is 2.23 bits per heavy atom. The van der Waals surface area contributed by atoms with Crippen LogP contribution in [0, 0.1) is 4.91 Å². The van der Waals surface area contributed by atoms with E-state index in [9.17, 15) is 23.2 Å². The average Bonchev–Trinajstić information content (AvgIpc) is 3.00. The van der Waals surface area contributed by atoms with Crippen LogP contribution in [0.2, 0.25) is 5.02 Å². The van der Waals surface area contributed by atoms with Gasteiger partial charge in [0.05, 0.1) is 17.6 Å². The van der Waals surface area contributed by atoms with Crippen molar-refractivity contribution >= 4 is 28.2 Å². The summed E-state index contributed by atoms with van der Waals surface area (Å²) in [4.78, 5) is 11.5. The lowest BCUT2D eigenvalue weighted by atomic mass is 9.99. The molecule has 4 rings (SSSR count). The lowest BCUT2D eigenvalue weighted by Crippen LogP contribution is -2.04. The second kappa shape index (κ2) is 7.50. The maximum absolute atomic E-state index is 12.9. The molecule has 0 bridgehead atoms. The number of rotatable bonds is 4. The minimum absolute atomic E-state index is 0.158. The first-order valence-corrected chi connectivity index (χ1v) is 9.27. The molecule has 152 valence electrons. The number of benzene rings is 3. The Morgan fingerprint density at radius 1 is 0.967 bits per heavy atom. The Morgan fingerprint density at radius 2 is 1.63 bits per heavy atom. The molecule has 4 aromatic rings. The van der Waals surface area contributed by atoms with E-state index in [0.29, 0.717) is 27.1 Å². The van der Waals surface area contributed by atoms with Crippen LogP contribution in [-0.4, -0.2) is 9.67 Å². The van der Waals surface area contributed by atoms with Crippen LogP contribution in [-0.2, 0) is 12.7 Å². The number of nitrogens with zero attached hydrogens (tertiary/aromatic N) is 2. The van der Waals surface area contributed by atoms with Gasteiger partial charge in [-0.25, -0.2) is 0 Å². The molecule has 0 atom stereocenters. The Kier molecular flexibility index (Phi) is 4.99. The van der Waals surface area contributed by atoms with Crippen LogP contribution in [0.3, 0.4) is 0 Å². The molecule has 0 fully saturated rings. The van der Waals surface area contributed by atoms with Gasteiger partial charge in [-0.15, -0.1) is 4.91 Å². The lowest BCUT2D eigenvalue weighted by Gasteiger charge is -2.10. The summed E-state index contributed by atoms with van der Waals surface area (Å²) in [5, 5.41) is 14.6. The van der Waals surface area contributed by atoms with Gasteiger partial charge >= 0.3 is 6.18 Å². The van der Waals surface area contributed by atoms with Gasteiger partial charge in [-0.2, -0.15) is 13.2 Å². The molecule has 0 radical (unpaired) electrons. The van der Waals surface area contributed by atoms with Gasteiger partial charge < -0.3 is 9.67 Å². The minimum Gasteiger partial charge on any atom is -0.493 e. The van der Waals surface area contributed by atoms with Crippen molar-refractivity contribution < 1.29 is 18.3 Å². The Labute approximate surface area is 174 Å². The van der Waals surface area contributed by atoms with Crippen molar-refractivity contribution in [2.45, 2.75) is 12.7 Å². The molecule has 0 aliphatic carbocycles. The number of nitroso groups, excluding NO2 is 1. The molecule has 1 heterocycles. The first-order chi connectivity index (χ1) is 14.3. The Balaban J connectivity index is 1.87. The number of aromatic nitrogens is 1. The van der Waals surface area contributed by atoms with Crippen LogP contribution in [0.1, 0.15) is 11.1 Å². The summed E-state index contributed by atoms with van der Waals surface area (Å²) in [6.45, 7) is 0.255. The highest BCUT2D eigenvalue weighted by atomic mass is 35.5. The van der Waals surface area contributed by atoms with E-state index >= 15 is 0 Å². The van der Waals surface area contributed by atoms with Gasteiger partial charge in [0.2, 0.25) is 5.88 Å². The normalized spacial score (nSPS) is 11.7. The van der Waals surface area contributed by atoms with E-state index in [4.69, 9.17) is 11.6 Å². The third-order valence-electron chi connectivity index (χ3n) is 4.91. The summed E-state index contributed by atoms with van der Waals surface area (Å²) in [7, 11) is 0. The van der Waals surface area contributed by atoms with Crippen molar-refractivity contribution in [1.29, 1.82) is 0 Å². The third-order valence-corrected chi connectivity index (χ3v) is 5.16. The summed E-state index contributed by atoms with van der Waals surface area (Å²) in [6, 6.07) is 16.7. The summed E-state index contributed by atoms with van der Waals surface area (Å²) in [5.74, 6) is -0.311. The molecule has 0 unspecified atom stereocenters. The molecule has 30 heavy (non-hydrogen) atoms. The van der Waals surface area contributed by atoms with Gasteiger partial charge in [0.25, 0.3) is 0 Å². The molecule has 1 aromatic heterocycles. The standard InChI is InChI=1S/C22H14ClF3N2O2/c23-16-10-4-13(5-11-16)12-28-18-3-1-2-17(19(18)20(27-30)21(28)29)14-6-8-15(9-7-14)22(24,25)26/h1-11,29H,12H2. The van der Waals surface area contributed by atoms with Crippen molar-refractivity contribution in [2.24, 2.45) is 5.18 Å².